The van der Waals surface area contributed by atoms with E-state index in [4.69, 9.17) is 14.2 Å². The van der Waals surface area contributed by atoms with Gasteiger partial charge in [-0.25, -0.2) is 9.97 Å². The Labute approximate surface area is 142 Å². The highest BCUT2D eigenvalue weighted by atomic mass is 16.5. The first-order valence-corrected chi connectivity index (χ1v) is 7.77. The van der Waals surface area contributed by atoms with Crippen molar-refractivity contribution in [1.82, 2.24) is 9.97 Å². The molecule has 130 valence electrons. The van der Waals surface area contributed by atoms with E-state index >= 15 is 0 Å². The Bertz CT molecular complexity index is 667. The molecule has 2 aromatic rings. The van der Waals surface area contributed by atoms with Crippen molar-refractivity contribution >= 4 is 17.3 Å². The van der Waals surface area contributed by atoms with Gasteiger partial charge in [0.1, 0.15) is 17.5 Å². The molecule has 0 spiro atoms. The maximum absolute atomic E-state index is 5.37. The number of nitrogens with one attached hydrogen (secondary N) is 2. The fraction of sp³-hybridized carbons (Fsp3) is 0.412. The molecule has 7 heteroatoms. The topological polar surface area (TPSA) is 77.5 Å². The third kappa shape index (κ3) is 4.18. The average Bonchev–Trinajstić information content (AvgIpc) is 2.58. The lowest BCUT2D eigenvalue weighted by molar-refractivity contribution is 0.324. The van der Waals surface area contributed by atoms with Gasteiger partial charge in [0, 0.05) is 30.4 Å². The minimum absolute atomic E-state index is 0.551. The van der Waals surface area contributed by atoms with Crippen LogP contribution in [0.1, 0.15) is 19.2 Å². The molecule has 1 aromatic carbocycles. The Kier molecular flexibility index (Phi) is 6.06. The zero-order chi connectivity index (χ0) is 17.5. The Hall–Kier alpha value is -2.70. The number of rotatable bonds is 8. The molecular weight excluding hydrogens is 308 g/mol. The van der Waals surface area contributed by atoms with Crippen molar-refractivity contribution in [3.8, 4) is 17.2 Å². The van der Waals surface area contributed by atoms with Gasteiger partial charge in [0.25, 0.3) is 0 Å². The molecule has 7 nitrogen and oxygen atoms in total. The molecule has 2 rings (SSSR count). The summed E-state index contributed by atoms with van der Waals surface area (Å²) < 4.78 is 16.1. The molecule has 2 N–H and O–H groups in total. The van der Waals surface area contributed by atoms with Crippen molar-refractivity contribution in [3.63, 3.8) is 0 Å². The zero-order valence-electron chi connectivity index (χ0n) is 14.8. The Morgan fingerprint density at radius 1 is 0.917 bits per heavy atom. The molecule has 24 heavy (non-hydrogen) atoms. The number of ether oxygens (including phenoxy) is 3. The van der Waals surface area contributed by atoms with E-state index in [1.807, 2.05) is 25.1 Å². The van der Waals surface area contributed by atoms with E-state index in [-0.39, 0.29) is 0 Å². The normalized spacial score (nSPS) is 10.2. The molecule has 0 saturated heterocycles. The Morgan fingerprint density at radius 3 is 2.08 bits per heavy atom. The van der Waals surface area contributed by atoms with Gasteiger partial charge in [0.15, 0.2) is 11.5 Å². The summed E-state index contributed by atoms with van der Waals surface area (Å²) in [6.45, 7) is 4.83. The van der Waals surface area contributed by atoms with Crippen LogP contribution in [-0.4, -0.2) is 37.8 Å². The number of nitrogens with zero attached hydrogens (tertiary/aromatic N) is 2. The molecule has 0 aliphatic rings. The van der Waals surface area contributed by atoms with Crippen LogP contribution in [-0.2, 0) is 0 Å². The smallest absolute Gasteiger partial charge is 0.203 e. The van der Waals surface area contributed by atoms with E-state index < -0.39 is 0 Å². The van der Waals surface area contributed by atoms with E-state index in [9.17, 15) is 0 Å². The summed E-state index contributed by atoms with van der Waals surface area (Å²) in [7, 11) is 4.75. The largest absolute Gasteiger partial charge is 0.493 e. The summed E-state index contributed by atoms with van der Waals surface area (Å²) in [5.41, 5.74) is 0.782. The number of aromatic nitrogens is 2. The van der Waals surface area contributed by atoms with Crippen LogP contribution in [0.15, 0.2) is 18.2 Å². The molecule has 0 saturated carbocycles. The maximum Gasteiger partial charge on any atom is 0.203 e. The van der Waals surface area contributed by atoms with Gasteiger partial charge in [-0.2, -0.15) is 0 Å². The fourth-order valence-electron chi connectivity index (χ4n) is 2.28. The second-order valence-electron chi connectivity index (χ2n) is 5.15. The lowest BCUT2D eigenvalue weighted by Gasteiger charge is -2.15. The molecule has 0 aliphatic heterocycles. The molecule has 0 bridgehead atoms. The van der Waals surface area contributed by atoms with Gasteiger partial charge in [-0.1, -0.05) is 6.92 Å². The molecule has 1 aromatic heterocycles. The summed E-state index contributed by atoms with van der Waals surface area (Å²) in [6, 6.07) is 5.53. The maximum atomic E-state index is 5.37. The first-order chi connectivity index (χ1) is 11.6. The van der Waals surface area contributed by atoms with Gasteiger partial charge >= 0.3 is 0 Å². The zero-order valence-corrected chi connectivity index (χ0v) is 14.8. The van der Waals surface area contributed by atoms with Crippen LogP contribution in [0.25, 0.3) is 0 Å². The predicted molar refractivity (Wildman–Crippen MR) is 94.9 cm³/mol. The summed E-state index contributed by atoms with van der Waals surface area (Å²) >= 11 is 0. The van der Waals surface area contributed by atoms with Crippen LogP contribution < -0.4 is 24.8 Å². The predicted octanol–water partition coefficient (Wildman–Crippen LogP) is 3.38. The second kappa shape index (κ2) is 8.24. The quantitative estimate of drug-likeness (QED) is 0.767. The van der Waals surface area contributed by atoms with Crippen LogP contribution in [0.3, 0.4) is 0 Å². The number of hydrogen-bond acceptors (Lipinski definition) is 7. The number of anilines is 3. The van der Waals surface area contributed by atoms with Gasteiger partial charge in [0.2, 0.25) is 5.75 Å². The van der Waals surface area contributed by atoms with Crippen molar-refractivity contribution < 1.29 is 14.2 Å². The number of hydrogen-bond donors (Lipinski definition) is 2. The van der Waals surface area contributed by atoms with Crippen LogP contribution in [0.4, 0.5) is 17.3 Å². The minimum Gasteiger partial charge on any atom is -0.493 e. The first-order valence-electron chi connectivity index (χ1n) is 7.77. The number of benzene rings is 1. The molecule has 0 atom stereocenters. The minimum atomic E-state index is 0.551. The lowest BCUT2D eigenvalue weighted by Crippen LogP contribution is -2.05. The third-order valence-corrected chi connectivity index (χ3v) is 3.33. The van der Waals surface area contributed by atoms with Gasteiger partial charge in [-0.3, -0.25) is 0 Å². The van der Waals surface area contributed by atoms with Gasteiger partial charge < -0.3 is 24.8 Å². The van der Waals surface area contributed by atoms with Crippen LogP contribution in [0.2, 0.25) is 0 Å². The molecule has 0 amide bonds. The van der Waals surface area contributed by atoms with Crippen molar-refractivity contribution in [1.29, 1.82) is 0 Å². The molecule has 0 fully saturated rings. The number of methoxy groups -OCH3 is 3. The number of aryl methyl sites for hydroxylation is 1. The molecule has 1 heterocycles. The van der Waals surface area contributed by atoms with Gasteiger partial charge in [-0.15, -0.1) is 0 Å². The van der Waals surface area contributed by atoms with Crippen molar-refractivity contribution in [2.45, 2.75) is 20.3 Å². The van der Waals surface area contributed by atoms with E-state index in [1.54, 1.807) is 21.3 Å². The average molecular weight is 332 g/mol. The van der Waals surface area contributed by atoms with Gasteiger partial charge in [-0.05, 0) is 13.3 Å². The Morgan fingerprint density at radius 2 is 1.54 bits per heavy atom. The second-order valence-corrected chi connectivity index (χ2v) is 5.15. The van der Waals surface area contributed by atoms with E-state index in [2.05, 4.69) is 27.5 Å². The van der Waals surface area contributed by atoms with E-state index in [0.717, 1.165) is 24.5 Å². The van der Waals surface area contributed by atoms with E-state index in [1.165, 1.54) is 0 Å². The van der Waals surface area contributed by atoms with Crippen LogP contribution >= 0.6 is 0 Å². The SMILES string of the molecule is CCCNc1cc(Nc2cc(OC)c(OC)c(OC)c2)nc(C)n1. The van der Waals surface area contributed by atoms with Crippen molar-refractivity contribution in [2.24, 2.45) is 0 Å². The lowest BCUT2D eigenvalue weighted by atomic mass is 10.2. The summed E-state index contributed by atoms with van der Waals surface area (Å²) in [4.78, 5) is 8.79. The highest BCUT2D eigenvalue weighted by Crippen LogP contribution is 2.40. The monoisotopic (exact) mass is 332 g/mol. The van der Waals surface area contributed by atoms with E-state index in [0.29, 0.717) is 28.9 Å². The van der Waals surface area contributed by atoms with Crippen LogP contribution in [0, 0.1) is 6.92 Å². The molecular formula is C17H24N4O3. The first kappa shape index (κ1) is 17.7. The standard InChI is InChI=1S/C17H24N4O3/c1-6-7-18-15-10-16(20-11(2)19-15)21-12-8-13(22-3)17(24-5)14(9-12)23-4/h8-10H,6-7H2,1-5H3,(H2,18,19,20,21). The highest BCUT2D eigenvalue weighted by Gasteiger charge is 2.13. The molecule has 0 radical (unpaired) electrons. The Balaban J connectivity index is 2.32. The third-order valence-electron chi connectivity index (χ3n) is 3.33. The summed E-state index contributed by atoms with van der Waals surface area (Å²) in [5, 5.41) is 6.52. The highest BCUT2D eigenvalue weighted by molar-refractivity contribution is 5.67. The summed E-state index contributed by atoms with van der Waals surface area (Å²) in [6.07, 6.45) is 1.03. The molecule has 0 unspecified atom stereocenters. The fourth-order valence-corrected chi connectivity index (χ4v) is 2.28. The summed E-state index contributed by atoms with van der Waals surface area (Å²) in [5.74, 6) is 3.87. The van der Waals surface area contributed by atoms with Crippen molar-refractivity contribution in [3.05, 3.63) is 24.0 Å². The molecule has 0 aliphatic carbocycles. The van der Waals surface area contributed by atoms with Crippen molar-refractivity contribution in [2.75, 3.05) is 38.5 Å². The van der Waals surface area contributed by atoms with Gasteiger partial charge in [0.05, 0.1) is 21.3 Å². The van der Waals surface area contributed by atoms with Crippen LogP contribution in [0.5, 0.6) is 17.2 Å².